The van der Waals surface area contributed by atoms with E-state index in [4.69, 9.17) is 0 Å². The maximum atomic E-state index is 3.95. The van der Waals surface area contributed by atoms with Crippen molar-refractivity contribution in [1.29, 1.82) is 0 Å². The minimum Gasteiger partial charge on any atom is -0.315 e. The summed E-state index contributed by atoms with van der Waals surface area (Å²) in [5, 5.41) is 25.6. The molecule has 76 valence electrons. The first-order valence-electron chi connectivity index (χ1n) is 2.62. The van der Waals surface area contributed by atoms with Gasteiger partial charge in [-0.2, -0.15) is 0 Å². The van der Waals surface area contributed by atoms with Gasteiger partial charge in [-0.05, 0) is 0 Å². The van der Waals surface area contributed by atoms with Crippen molar-refractivity contribution < 1.29 is 45.0 Å². The predicted octanol–water partition coefficient (Wildman–Crippen LogP) is 0.743. The van der Waals surface area contributed by atoms with Crippen molar-refractivity contribution in [3.05, 3.63) is 25.7 Å². The van der Waals surface area contributed by atoms with Crippen molar-refractivity contribution in [2.24, 2.45) is 0 Å². The summed E-state index contributed by atoms with van der Waals surface area (Å²) in [4.78, 5) is 7.90. The third-order valence-corrected chi connectivity index (χ3v) is 0.381. The zero-order valence-electron chi connectivity index (χ0n) is 6.24. The average molecular weight is 198 g/mol. The molecule has 0 rings (SSSR count). The zero-order chi connectivity index (χ0) is 9.78. The van der Waals surface area contributed by atoms with Gasteiger partial charge in [0.25, 0.3) is 0 Å². The van der Waals surface area contributed by atoms with E-state index in [-0.39, 0.29) is 0 Å². The quantitative estimate of drug-likeness (QED) is 0.218. The van der Waals surface area contributed by atoms with Crippen molar-refractivity contribution in [1.82, 2.24) is 0 Å². The first-order chi connectivity index (χ1) is 6.41. The highest BCUT2D eigenvalue weighted by Gasteiger charge is 1.93. The van der Waals surface area contributed by atoms with Gasteiger partial charge in [0.05, 0.1) is 0 Å². The lowest BCUT2D eigenvalue weighted by molar-refractivity contribution is -0.827. The fourth-order valence-electron chi connectivity index (χ4n) is 0.144. The van der Waals surface area contributed by atoms with Crippen LogP contribution in [0.3, 0.4) is 0 Å². The topological polar surface area (TPSA) is 83.1 Å². The Bertz CT molecular complexity index is 111. The average Bonchev–Trinajstić information content (AvgIpc) is 2.16. The van der Waals surface area contributed by atoms with Crippen LogP contribution in [-0.2, 0) is 45.0 Å². The normalized spacial score (nSPS) is 9.23. The SMILES string of the molecule is C=COOOOOOOOOC=C. The molecule has 0 aliphatic rings. The van der Waals surface area contributed by atoms with Crippen LogP contribution in [-0.4, -0.2) is 0 Å². The maximum absolute atomic E-state index is 3.95. The first kappa shape index (κ1) is 11.8. The maximum Gasteiger partial charge on any atom is 0.125 e. The molecule has 0 fully saturated rings. The summed E-state index contributed by atoms with van der Waals surface area (Å²) in [5.74, 6) is 0. The van der Waals surface area contributed by atoms with Crippen LogP contribution in [0.5, 0.6) is 0 Å². The Kier molecular flexibility index (Phi) is 9.80. The summed E-state index contributed by atoms with van der Waals surface area (Å²) >= 11 is 0. The summed E-state index contributed by atoms with van der Waals surface area (Å²) in [5.41, 5.74) is 0. The molecule has 0 saturated carbocycles. The Balaban J connectivity index is 2.83. The second-order valence-electron chi connectivity index (χ2n) is 1.00. The molecule has 0 unspecified atom stereocenters. The van der Waals surface area contributed by atoms with Crippen LogP contribution >= 0.6 is 0 Å². The molecule has 0 saturated heterocycles. The molecular formula is C4H6O9. The van der Waals surface area contributed by atoms with E-state index in [1.807, 2.05) is 0 Å². The molecule has 9 heteroatoms. The molecule has 0 aromatic heterocycles. The standard InChI is InChI=1S/C4H6O9/c1-3-5-7-9-11-13-12-10-8-6-4-2/h3-4H,1-2H2. The van der Waals surface area contributed by atoms with E-state index in [1.165, 1.54) is 0 Å². The number of hydrogen-bond acceptors (Lipinski definition) is 9. The van der Waals surface area contributed by atoms with E-state index >= 15 is 0 Å². The summed E-state index contributed by atoms with van der Waals surface area (Å²) in [6.07, 6.45) is 1.84. The fraction of sp³-hybridized carbons (Fsp3) is 0. The minimum atomic E-state index is 0.918. The monoisotopic (exact) mass is 198 g/mol. The van der Waals surface area contributed by atoms with Crippen LogP contribution in [0.25, 0.3) is 0 Å². The third kappa shape index (κ3) is 10.8. The lowest BCUT2D eigenvalue weighted by Crippen LogP contribution is -2.00. The van der Waals surface area contributed by atoms with Gasteiger partial charge in [0.1, 0.15) is 12.5 Å². The lowest BCUT2D eigenvalue weighted by Gasteiger charge is -1.97. The summed E-state index contributed by atoms with van der Waals surface area (Å²) in [7, 11) is 0. The van der Waals surface area contributed by atoms with Crippen LogP contribution in [0.4, 0.5) is 0 Å². The molecule has 0 bridgehead atoms. The van der Waals surface area contributed by atoms with Crippen LogP contribution in [0.2, 0.25) is 0 Å². The fourth-order valence-corrected chi connectivity index (χ4v) is 0.144. The van der Waals surface area contributed by atoms with Gasteiger partial charge in [0.2, 0.25) is 0 Å². The van der Waals surface area contributed by atoms with Gasteiger partial charge in [0.15, 0.2) is 0 Å². The van der Waals surface area contributed by atoms with Crippen molar-refractivity contribution >= 4 is 0 Å². The van der Waals surface area contributed by atoms with E-state index in [9.17, 15) is 0 Å². The van der Waals surface area contributed by atoms with E-state index in [1.54, 1.807) is 0 Å². The molecular weight excluding hydrogens is 192 g/mol. The minimum absolute atomic E-state index is 0.918. The Labute approximate surface area is 71.9 Å². The Morgan fingerprint density at radius 2 is 0.846 bits per heavy atom. The van der Waals surface area contributed by atoms with E-state index < -0.39 is 0 Å². The Hall–Kier alpha value is -1.20. The summed E-state index contributed by atoms with van der Waals surface area (Å²) < 4.78 is 0. The van der Waals surface area contributed by atoms with Gasteiger partial charge >= 0.3 is 0 Å². The van der Waals surface area contributed by atoms with Crippen molar-refractivity contribution in [3.63, 3.8) is 0 Å². The molecule has 0 aliphatic heterocycles. The molecule has 0 N–H and O–H groups in total. The van der Waals surface area contributed by atoms with Gasteiger partial charge in [-0.25, -0.2) is 0 Å². The zero-order valence-corrected chi connectivity index (χ0v) is 6.24. The highest BCUT2D eigenvalue weighted by Crippen LogP contribution is 1.89. The Morgan fingerprint density at radius 1 is 0.538 bits per heavy atom. The molecule has 0 radical (unpaired) electrons. The van der Waals surface area contributed by atoms with E-state index in [0.29, 0.717) is 0 Å². The van der Waals surface area contributed by atoms with E-state index in [2.05, 4.69) is 58.2 Å². The molecule has 0 aromatic rings. The smallest absolute Gasteiger partial charge is 0.125 e. The van der Waals surface area contributed by atoms with Crippen molar-refractivity contribution in [2.75, 3.05) is 0 Å². The van der Waals surface area contributed by atoms with E-state index in [0.717, 1.165) is 12.5 Å². The van der Waals surface area contributed by atoms with Crippen molar-refractivity contribution in [3.8, 4) is 0 Å². The van der Waals surface area contributed by atoms with Gasteiger partial charge in [0, 0.05) is 35.3 Å². The predicted molar refractivity (Wildman–Crippen MR) is 30.2 cm³/mol. The molecule has 0 aromatic carbocycles. The first-order valence-corrected chi connectivity index (χ1v) is 2.62. The van der Waals surface area contributed by atoms with Gasteiger partial charge in [-0.1, -0.05) is 13.2 Å². The van der Waals surface area contributed by atoms with Crippen LogP contribution in [0, 0.1) is 0 Å². The molecule has 0 atom stereocenters. The van der Waals surface area contributed by atoms with Crippen molar-refractivity contribution in [2.45, 2.75) is 0 Å². The number of hydrogen-bond donors (Lipinski definition) is 0. The second kappa shape index (κ2) is 10.8. The largest absolute Gasteiger partial charge is 0.315 e. The molecule has 0 aliphatic carbocycles. The summed E-state index contributed by atoms with van der Waals surface area (Å²) in [6, 6.07) is 0. The lowest BCUT2D eigenvalue weighted by atomic mass is 11.2. The van der Waals surface area contributed by atoms with Crippen LogP contribution in [0.15, 0.2) is 25.7 Å². The molecule has 0 spiro atoms. The second-order valence-corrected chi connectivity index (χ2v) is 1.00. The molecule has 9 nitrogen and oxygen atoms in total. The highest BCUT2D eigenvalue weighted by atomic mass is 17.9. The Morgan fingerprint density at radius 3 is 1.15 bits per heavy atom. The van der Waals surface area contributed by atoms with Gasteiger partial charge < -0.3 is 9.78 Å². The molecule has 0 amide bonds. The third-order valence-electron chi connectivity index (χ3n) is 0.381. The molecule has 0 heterocycles. The summed E-state index contributed by atoms with van der Waals surface area (Å²) in [6.45, 7) is 6.21. The van der Waals surface area contributed by atoms with Gasteiger partial charge in [-0.3, -0.25) is 0 Å². The molecule has 13 heavy (non-hydrogen) atoms. The van der Waals surface area contributed by atoms with Crippen LogP contribution < -0.4 is 0 Å². The van der Waals surface area contributed by atoms with Gasteiger partial charge in [-0.15, -0.1) is 0 Å². The number of rotatable bonds is 10. The highest BCUT2D eigenvalue weighted by molar-refractivity contribution is 4.41. The van der Waals surface area contributed by atoms with Crippen LogP contribution in [0.1, 0.15) is 0 Å².